The average molecular weight is 645 g/mol. The van der Waals surface area contributed by atoms with Crippen LogP contribution >= 0.6 is 0 Å². The lowest BCUT2D eigenvalue weighted by Gasteiger charge is -2.56. The Kier molecular flexibility index (Phi) is 6.89. The van der Waals surface area contributed by atoms with Crippen LogP contribution in [0.4, 0.5) is 0 Å². The summed E-state index contributed by atoms with van der Waals surface area (Å²) in [6.07, 6.45) is 11.5. The van der Waals surface area contributed by atoms with Crippen LogP contribution < -0.4 is 9.47 Å². The molecule has 1 N–H and O–H groups in total. The molecule has 3 fully saturated rings. The number of Topliss-reactive ketones (excluding diaryl/α,β-unsaturated/α-hetero) is 2. The molecule has 9 heteroatoms. The second-order valence-electron chi connectivity index (χ2n) is 15.5. The van der Waals surface area contributed by atoms with Gasteiger partial charge in [0.2, 0.25) is 0 Å². The van der Waals surface area contributed by atoms with Crippen LogP contribution in [0.1, 0.15) is 103 Å². The number of epoxide rings is 1. The molecule has 3 aliphatic carbocycles. The molecule has 6 atom stereocenters. The van der Waals surface area contributed by atoms with E-state index < -0.39 is 28.3 Å². The second-order valence-corrected chi connectivity index (χ2v) is 15.5. The van der Waals surface area contributed by atoms with Crippen molar-refractivity contribution in [3.63, 3.8) is 0 Å². The molecular formula is C38H44O9. The Labute approximate surface area is 275 Å². The summed E-state index contributed by atoms with van der Waals surface area (Å²) >= 11 is 0. The Morgan fingerprint density at radius 1 is 1.04 bits per heavy atom. The normalized spacial score (nSPS) is 34.8. The molecule has 1 saturated carbocycles. The quantitative estimate of drug-likeness (QED) is 0.139. The Morgan fingerprint density at radius 2 is 1.77 bits per heavy atom. The topological polar surface area (TPSA) is 121 Å². The van der Waals surface area contributed by atoms with Crippen LogP contribution in [0.2, 0.25) is 0 Å². The number of carbonyl (C=O) groups is 3. The summed E-state index contributed by atoms with van der Waals surface area (Å²) in [5.41, 5.74) is -2.26. The molecule has 1 aromatic rings. The van der Waals surface area contributed by atoms with Gasteiger partial charge in [0.1, 0.15) is 34.2 Å². The summed E-state index contributed by atoms with van der Waals surface area (Å²) in [5, 5.41) is 11.8. The number of phenolic OH excluding ortho intramolecular Hbond substituents is 1. The molecule has 1 aromatic carbocycles. The van der Waals surface area contributed by atoms with Crippen LogP contribution in [0.5, 0.6) is 17.2 Å². The highest BCUT2D eigenvalue weighted by molar-refractivity contribution is 6.19. The standard InChI is InChI=1S/C38H44O9/c1-20(2)10-9-13-36(8)14-12-23-29(40)28-30(41)25-16-22-17-26-34(4,5)47-37(33(22)42,15-11-21(3)43-19-39)38(25,26)46-32(28)24(31(23)45-36)18-27-35(6,7)44-27/h10-12,14,16,19,22,26-27,40H,9,13,15,17-18H2,1-8H3/b21-11-/t22?,26?,27?,36-,37?,38-/m1/s1. The van der Waals surface area contributed by atoms with Gasteiger partial charge in [-0.3, -0.25) is 14.4 Å². The number of fused-ring (bicyclic) bond motifs is 2. The zero-order valence-electron chi connectivity index (χ0n) is 28.4. The first kappa shape index (κ1) is 31.9. The third-order valence-electron chi connectivity index (χ3n) is 11.2. The number of benzene rings is 1. The molecule has 0 amide bonds. The molecule has 4 bridgehead atoms. The van der Waals surface area contributed by atoms with Gasteiger partial charge >= 0.3 is 0 Å². The number of rotatable bonds is 9. The van der Waals surface area contributed by atoms with E-state index in [2.05, 4.69) is 19.9 Å². The predicted molar refractivity (Wildman–Crippen MR) is 173 cm³/mol. The maximum Gasteiger partial charge on any atom is 0.298 e. The molecule has 8 rings (SSSR count). The fourth-order valence-electron chi connectivity index (χ4n) is 8.70. The number of phenols is 1. The minimum Gasteiger partial charge on any atom is -0.506 e. The smallest absolute Gasteiger partial charge is 0.298 e. The lowest BCUT2D eigenvalue weighted by molar-refractivity contribution is -0.171. The van der Waals surface area contributed by atoms with Crippen molar-refractivity contribution in [3.05, 3.63) is 57.9 Å². The van der Waals surface area contributed by atoms with Gasteiger partial charge < -0.3 is 28.8 Å². The minimum absolute atomic E-state index is 0.0363. The molecule has 47 heavy (non-hydrogen) atoms. The number of ether oxygens (including phenoxy) is 5. The predicted octanol–water partition coefficient (Wildman–Crippen LogP) is 6.50. The number of ketones is 2. The number of carbonyl (C=O) groups excluding carboxylic acids is 3. The molecule has 1 spiro atoms. The van der Waals surface area contributed by atoms with Crippen LogP contribution in [-0.2, 0) is 30.2 Å². The highest BCUT2D eigenvalue weighted by Gasteiger charge is 2.81. The van der Waals surface area contributed by atoms with E-state index in [4.69, 9.17) is 23.7 Å². The summed E-state index contributed by atoms with van der Waals surface area (Å²) in [7, 11) is 0. The van der Waals surface area contributed by atoms with Gasteiger partial charge in [-0.05, 0) is 92.9 Å². The van der Waals surface area contributed by atoms with Crippen molar-refractivity contribution in [2.45, 2.75) is 122 Å². The van der Waals surface area contributed by atoms with Gasteiger partial charge in [0.05, 0.1) is 22.9 Å². The molecular weight excluding hydrogens is 600 g/mol. The number of hydrogen-bond acceptors (Lipinski definition) is 9. The van der Waals surface area contributed by atoms with E-state index in [9.17, 15) is 19.5 Å². The van der Waals surface area contributed by atoms with Gasteiger partial charge in [0.25, 0.3) is 6.47 Å². The SMILES string of the molecule is CC(C)=CCC[C@]1(C)C=Cc2c(O)c3c(c(CC4OC4(C)C)c2O1)O[C@]12C(=CC4CC1C(C)(C)OC2(C/C=C(/C)OC=O)C4=O)C3=O. The number of aromatic hydroxyl groups is 1. The van der Waals surface area contributed by atoms with E-state index in [1.165, 1.54) is 5.57 Å². The molecule has 0 aromatic heterocycles. The Bertz CT molecular complexity index is 1740. The zero-order chi connectivity index (χ0) is 33.9. The van der Waals surface area contributed by atoms with Gasteiger partial charge in [0, 0.05) is 35.8 Å². The lowest BCUT2D eigenvalue weighted by atomic mass is 9.51. The third kappa shape index (κ3) is 4.45. The van der Waals surface area contributed by atoms with E-state index in [1.54, 1.807) is 19.1 Å². The van der Waals surface area contributed by atoms with E-state index in [1.807, 2.05) is 46.8 Å². The van der Waals surface area contributed by atoms with Crippen LogP contribution in [0.15, 0.2) is 41.2 Å². The Morgan fingerprint density at radius 3 is 2.43 bits per heavy atom. The van der Waals surface area contributed by atoms with Gasteiger partial charge in [0.15, 0.2) is 22.8 Å². The highest BCUT2D eigenvalue weighted by Crippen LogP contribution is 2.69. The summed E-state index contributed by atoms with van der Waals surface area (Å²) in [5.74, 6) is -0.691. The van der Waals surface area contributed by atoms with Crippen LogP contribution in [0, 0.1) is 11.8 Å². The fourth-order valence-corrected chi connectivity index (χ4v) is 8.70. The molecule has 2 saturated heterocycles. The summed E-state index contributed by atoms with van der Waals surface area (Å²) < 4.78 is 31.9. The number of allylic oxidation sites excluding steroid dienone is 4. The van der Waals surface area contributed by atoms with Crippen molar-refractivity contribution in [2.24, 2.45) is 11.8 Å². The average Bonchev–Trinajstić information content (AvgIpc) is 3.55. The second kappa shape index (κ2) is 10.2. The third-order valence-corrected chi connectivity index (χ3v) is 11.2. The lowest BCUT2D eigenvalue weighted by Crippen LogP contribution is -2.72. The molecule has 7 aliphatic rings. The highest BCUT2D eigenvalue weighted by atomic mass is 16.6. The van der Waals surface area contributed by atoms with Gasteiger partial charge in [-0.15, -0.1) is 0 Å². The van der Waals surface area contributed by atoms with Crippen molar-refractivity contribution < 1.29 is 43.2 Å². The first-order chi connectivity index (χ1) is 22.0. The Balaban J connectivity index is 1.43. The van der Waals surface area contributed by atoms with Gasteiger partial charge in [-0.1, -0.05) is 17.7 Å². The molecule has 250 valence electrons. The first-order valence-corrected chi connectivity index (χ1v) is 16.6. The van der Waals surface area contributed by atoms with Crippen LogP contribution in [-0.4, -0.2) is 57.3 Å². The van der Waals surface area contributed by atoms with Crippen LogP contribution in [0.3, 0.4) is 0 Å². The minimum atomic E-state index is -1.56. The first-order valence-electron chi connectivity index (χ1n) is 16.6. The Hall–Kier alpha value is -3.69. The van der Waals surface area contributed by atoms with E-state index in [-0.39, 0.29) is 52.7 Å². The van der Waals surface area contributed by atoms with Gasteiger partial charge in [-0.25, -0.2) is 0 Å². The van der Waals surface area contributed by atoms with E-state index >= 15 is 0 Å². The zero-order valence-corrected chi connectivity index (χ0v) is 28.4. The summed E-state index contributed by atoms with van der Waals surface area (Å²) in [4.78, 5) is 40.3. The fraction of sp³-hybridized carbons (Fsp3) is 0.553. The van der Waals surface area contributed by atoms with E-state index in [0.717, 1.165) is 6.42 Å². The van der Waals surface area contributed by atoms with Crippen molar-refractivity contribution in [1.82, 2.24) is 0 Å². The summed E-state index contributed by atoms with van der Waals surface area (Å²) in [6, 6.07) is 0. The summed E-state index contributed by atoms with van der Waals surface area (Å²) in [6.45, 7) is 16.0. The molecule has 9 nitrogen and oxygen atoms in total. The maximum atomic E-state index is 14.8. The molecule has 0 radical (unpaired) electrons. The monoisotopic (exact) mass is 644 g/mol. The van der Waals surface area contributed by atoms with Crippen molar-refractivity contribution >= 4 is 24.1 Å². The van der Waals surface area contributed by atoms with Crippen molar-refractivity contribution in [1.29, 1.82) is 0 Å². The molecule has 4 heterocycles. The molecule has 4 aliphatic heterocycles. The van der Waals surface area contributed by atoms with Crippen molar-refractivity contribution in [3.8, 4) is 17.2 Å². The van der Waals surface area contributed by atoms with E-state index in [0.29, 0.717) is 53.9 Å². The molecule has 4 unspecified atom stereocenters. The number of hydrogen-bond donors (Lipinski definition) is 1. The van der Waals surface area contributed by atoms with Crippen molar-refractivity contribution in [2.75, 3.05) is 0 Å². The van der Waals surface area contributed by atoms with Gasteiger partial charge in [-0.2, -0.15) is 0 Å². The maximum absolute atomic E-state index is 14.8. The van der Waals surface area contributed by atoms with Crippen LogP contribution in [0.25, 0.3) is 6.08 Å². The largest absolute Gasteiger partial charge is 0.506 e.